The number of rotatable bonds is 5. The SMILES string of the molecule is COc1ccc(-c2oc3ccc(Cl)cc3c(=O)c2OC(=O)c2cc3ccccc3oc2=O)cc1OC. The van der Waals surface area contributed by atoms with Crippen LogP contribution < -0.4 is 25.3 Å². The van der Waals surface area contributed by atoms with Crippen molar-refractivity contribution < 1.29 is 27.8 Å². The molecule has 9 heteroatoms. The molecule has 0 aliphatic heterocycles. The lowest BCUT2D eigenvalue weighted by atomic mass is 10.1. The van der Waals surface area contributed by atoms with Crippen LogP contribution in [0, 0.1) is 0 Å². The summed E-state index contributed by atoms with van der Waals surface area (Å²) in [7, 11) is 2.94. The maximum atomic E-state index is 13.5. The van der Waals surface area contributed by atoms with Crippen LogP contribution in [0.2, 0.25) is 5.02 Å². The van der Waals surface area contributed by atoms with Gasteiger partial charge in [0.2, 0.25) is 11.2 Å². The molecule has 0 saturated heterocycles. The van der Waals surface area contributed by atoms with Gasteiger partial charge in [-0.05, 0) is 48.5 Å². The summed E-state index contributed by atoms with van der Waals surface area (Å²) in [6.07, 6.45) is 0. The third-order valence-electron chi connectivity index (χ3n) is 5.51. The van der Waals surface area contributed by atoms with E-state index in [2.05, 4.69) is 0 Å². The monoisotopic (exact) mass is 504 g/mol. The predicted molar refractivity (Wildman–Crippen MR) is 133 cm³/mol. The van der Waals surface area contributed by atoms with Crippen LogP contribution in [0.3, 0.4) is 0 Å². The Morgan fingerprint density at radius 1 is 0.833 bits per heavy atom. The van der Waals surface area contributed by atoms with Crippen LogP contribution in [0.4, 0.5) is 0 Å². The normalized spacial score (nSPS) is 11.0. The summed E-state index contributed by atoms with van der Waals surface area (Å²) in [4.78, 5) is 39.1. The van der Waals surface area contributed by atoms with Crippen molar-refractivity contribution in [2.75, 3.05) is 14.2 Å². The fraction of sp³-hybridized carbons (Fsp3) is 0.0741. The minimum absolute atomic E-state index is 0.0469. The molecule has 0 atom stereocenters. The van der Waals surface area contributed by atoms with Crippen molar-refractivity contribution in [3.05, 3.63) is 98.0 Å². The van der Waals surface area contributed by atoms with Gasteiger partial charge in [-0.25, -0.2) is 9.59 Å². The van der Waals surface area contributed by atoms with Crippen molar-refractivity contribution in [2.45, 2.75) is 0 Å². The van der Waals surface area contributed by atoms with Gasteiger partial charge in [0.05, 0.1) is 19.6 Å². The molecule has 5 aromatic rings. The molecule has 180 valence electrons. The number of carbonyl (C=O) groups is 1. The van der Waals surface area contributed by atoms with Gasteiger partial charge in [-0.3, -0.25) is 4.79 Å². The molecule has 0 aliphatic rings. The first-order valence-electron chi connectivity index (χ1n) is 10.6. The van der Waals surface area contributed by atoms with E-state index in [1.807, 2.05) is 0 Å². The molecule has 0 bridgehead atoms. The van der Waals surface area contributed by atoms with E-state index in [-0.39, 0.29) is 22.3 Å². The summed E-state index contributed by atoms with van der Waals surface area (Å²) in [5, 5.41) is 0.905. The van der Waals surface area contributed by atoms with Crippen molar-refractivity contribution in [1.29, 1.82) is 0 Å². The van der Waals surface area contributed by atoms with Crippen LogP contribution in [0.15, 0.2) is 85.2 Å². The molecule has 0 N–H and O–H groups in total. The first kappa shape index (κ1) is 23.2. The fourth-order valence-electron chi connectivity index (χ4n) is 3.76. The predicted octanol–water partition coefficient (Wildman–Crippen LogP) is 5.46. The van der Waals surface area contributed by atoms with Crippen LogP contribution in [0.5, 0.6) is 17.2 Å². The molecule has 5 rings (SSSR count). The number of ether oxygens (including phenoxy) is 3. The Balaban J connectivity index is 1.70. The van der Waals surface area contributed by atoms with E-state index in [0.29, 0.717) is 33.1 Å². The standard InChI is InChI=1S/C27H17ClO8/c1-32-21-9-7-15(12-22(21)33-2)24-25(23(29)17-13-16(28)8-10-20(17)34-24)36-27(31)18-11-14-5-3-4-6-19(14)35-26(18)30/h3-13H,1-2H3. The first-order chi connectivity index (χ1) is 17.4. The van der Waals surface area contributed by atoms with E-state index in [4.69, 9.17) is 34.6 Å². The molecule has 0 unspecified atom stereocenters. The average Bonchev–Trinajstić information content (AvgIpc) is 2.89. The van der Waals surface area contributed by atoms with Gasteiger partial charge < -0.3 is 23.0 Å². The number of halogens is 1. The number of esters is 1. The maximum absolute atomic E-state index is 13.5. The summed E-state index contributed by atoms with van der Waals surface area (Å²) >= 11 is 6.08. The second-order valence-electron chi connectivity index (χ2n) is 7.67. The van der Waals surface area contributed by atoms with Crippen molar-refractivity contribution in [3.8, 4) is 28.6 Å². The molecule has 2 heterocycles. The van der Waals surface area contributed by atoms with Gasteiger partial charge in [0, 0.05) is 16.0 Å². The van der Waals surface area contributed by atoms with E-state index in [1.165, 1.54) is 32.4 Å². The Kier molecular flexibility index (Phi) is 5.95. The first-order valence-corrected chi connectivity index (χ1v) is 11.0. The lowest BCUT2D eigenvalue weighted by molar-refractivity contribution is 0.0727. The molecule has 0 fully saturated rings. The highest BCUT2D eigenvalue weighted by molar-refractivity contribution is 6.31. The second-order valence-corrected chi connectivity index (χ2v) is 8.11. The maximum Gasteiger partial charge on any atom is 0.351 e. The number of hydrogen-bond acceptors (Lipinski definition) is 8. The van der Waals surface area contributed by atoms with Gasteiger partial charge in [0.15, 0.2) is 17.3 Å². The van der Waals surface area contributed by atoms with Gasteiger partial charge in [-0.1, -0.05) is 29.8 Å². The number of benzene rings is 3. The van der Waals surface area contributed by atoms with Crippen molar-refractivity contribution in [1.82, 2.24) is 0 Å². The fourth-order valence-corrected chi connectivity index (χ4v) is 3.93. The smallest absolute Gasteiger partial charge is 0.351 e. The summed E-state index contributed by atoms with van der Waals surface area (Å²) < 4.78 is 27.4. The van der Waals surface area contributed by atoms with Crippen molar-refractivity contribution >= 4 is 39.5 Å². The Bertz CT molecular complexity index is 1770. The molecule has 8 nitrogen and oxygen atoms in total. The highest BCUT2D eigenvalue weighted by Gasteiger charge is 2.24. The Morgan fingerprint density at radius 3 is 2.39 bits per heavy atom. The topological polar surface area (TPSA) is 105 Å². The van der Waals surface area contributed by atoms with E-state index in [9.17, 15) is 14.4 Å². The minimum atomic E-state index is -1.08. The zero-order chi connectivity index (χ0) is 25.4. The number of fused-ring (bicyclic) bond motifs is 2. The number of para-hydroxylation sites is 1. The van der Waals surface area contributed by atoms with E-state index in [0.717, 1.165) is 0 Å². The molecular weight excluding hydrogens is 488 g/mol. The van der Waals surface area contributed by atoms with Crippen molar-refractivity contribution in [3.63, 3.8) is 0 Å². The van der Waals surface area contributed by atoms with Crippen molar-refractivity contribution in [2.24, 2.45) is 0 Å². The molecule has 0 aliphatic carbocycles. The third kappa shape index (κ3) is 4.08. The highest BCUT2D eigenvalue weighted by Crippen LogP contribution is 2.37. The number of carbonyl (C=O) groups excluding carboxylic acids is 1. The summed E-state index contributed by atoms with van der Waals surface area (Å²) in [5.41, 5.74) is -1.03. The van der Waals surface area contributed by atoms with E-state index >= 15 is 0 Å². The summed E-state index contributed by atoms with van der Waals surface area (Å²) in [5.74, 6) is -0.737. The van der Waals surface area contributed by atoms with Gasteiger partial charge in [0.1, 0.15) is 16.7 Å². The molecule has 0 saturated carbocycles. The largest absolute Gasteiger partial charge is 0.493 e. The Morgan fingerprint density at radius 2 is 1.61 bits per heavy atom. The Hall–Kier alpha value is -4.56. The van der Waals surface area contributed by atoms with Crippen LogP contribution >= 0.6 is 11.6 Å². The van der Waals surface area contributed by atoms with Gasteiger partial charge >= 0.3 is 11.6 Å². The van der Waals surface area contributed by atoms with Gasteiger partial charge in [0.25, 0.3) is 0 Å². The zero-order valence-electron chi connectivity index (χ0n) is 19.0. The molecule has 36 heavy (non-hydrogen) atoms. The van der Waals surface area contributed by atoms with Gasteiger partial charge in [-0.15, -0.1) is 0 Å². The quantitative estimate of drug-likeness (QED) is 0.229. The van der Waals surface area contributed by atoms with Crippen LogP contribution in [-0.2, 0) is 0 Å². The van der Waals surface area contributed by atoms with E-state index < -0.39 is 22.8 Å². The van der Waals surface area contributed by atoms with Crippen LogP contribution in [0.25, 0.3) is 33.3 Å². The molecule has 0 amide bonds. The molecule has 0 spiro atoms. The second kappa shape index (κ2) is 9.24. The third-order valence-corrected chi connectivity index (χ3v) is 5.75. The summed E-state index contributed by atoms with van der Waals surface area (Å²) in [6.45, 7) is 0. The molecule has 0 radical (unpaired) electrons. The summed E-state index contributed by atoms with van der Waals surface area (Å²) in [6, 6.07) is 17.4. The molecule has 2 aromatic heterocycles. The minimum Gasteiger partial charge on any atom is -0.493 e. The zero-order valence-corrected chi connectivity index (χ0v) is 19.8. The molecule has 3 aromatic carbocycles. The lowest BCUT2D eigenvalue weighted by Gasteiger charge is -2.13. The molecular formula is C27H17ClO8. The Labute approximate surface area is 208 Å². The van der Waals surface area contributed by atoms with E-state index in [1.54, 1.807) is 48.5 Å². The number of methoxy groups -OCH3 is 2. The van der Waals surface area contributed by atoms with Gasteiger partial charge in [-0.2, -0.15) is 0 Å². The highest BCUT2D eigenvalue weighted by atomic mass is 35.5. The van der Waals surface area contributed by atoms with Crippen LogP contribution in [0.1, 0.15) is 10.4 Å². The number of hydrogen-bond donors (Lipinski definition) is 0. The lowest BCUT2D eigenvalue weighted by Crippen LogP contribution is -2.22. The average molecular weight is 505 g/mol. The van der Waals surface area contributed by atoms with Crippen LogP contribution in [-0.4, -0.2) is 20.2 Å².